The average molecular weight is 367 g/mol. The first-order valence-corrected chi connectivity index (χ1v) is 9.46. The Morgan fingerprint density at radius 1 is 1.32 bits per heavy atom. The van der Waals surface area contributed by atoms with Gasteiger partial charge in [-0.2, -0.15) is 0 Å². The molecule has 0 amide bonds. The Kier molecular flexibility index (Phi) is 4.49. The quantitative estimate of drug-likeness (QED) is 0.574. The van der Waals surface area contributed by atoms with E-state index in [4.69, 9.17) is 21.4 Å². The number of benzene rings is 1. The summed E-state index contributed by atoms with van der Waals surface area (Å²) in [6.07, 6.45) is 0. The van der Waals surface area contributed by atoms with Gasteiger partial charge >= 0.3 is 7.60 Å². The maximum atomic E-state index is 12.0. The van der Waals surface area contributed by atoms with Gasteiger partial charge in [-0.15, -0.1) is 0 Å². The molecule has 11 heteroatoms. The Bertz CT molecular complexity index is 949. The molecule has 0 aliphatic carbocycles. The second kappa shape index (κ2) is 5.77. The highest BCUT2D eigenvalue weighted by atomic mass is 35.5. The topological polar surface area (TPSA) is 137 Å². The molecule has 0 atom stereocenters. The number of rotatable bonds is 4. The Morgan fingerprint density at radius 2 is 1.95 bits per heavy atom. The van der Waals surface area contributed by atoms with Crippen LogP contribution in [0, 0.1) is 0 Å². The Balaban J connectivity index is 2.80. The number of pyridine rings is 1. The van der Waals surface area contributed by atoms with E-state index in [-0.39, 0.29) is 27.4 Å². The maximum Gasteiger partial charge on any atom is 0.361 e. The minimum atomic E-state index is -4.78. The monoisotopic (exact) mass is 366 g/mol. The number of fused-ring (bicyclic) bond motifs is 1. The summed E-state index contributed by atoms with van der Waals surface area (Å²) in [5, 5.41) is -0.721. The van der Waals surface area contributed by atoms with E-state index in [1.165, 1.54) is 6.07 Å². The number of hydrogen-bond acceptors (Lipinski definition) is 4. The summed E-state index contributed by atoms with van der Waals surface area (Å²) >= 11 is 5.91. The van der Waals surface area contributed by atoms with Gasteiger partial charge in [-0.25, -0.2) is 13.1 Å². The molecule has 0 unspecified atom stereocenters. The second-order valence-electron chi connectivity index (χ2n) is 4.40. The van der Waals surface area contributed by atoms with E-state index in [2.05, 4.69) is 9.71 Å². The van der Waals surface area contributed by atoms with E-state index in [0.29, 0.717) is 0 Å². The molecular weight excluding hydrogens is 355 g/mol. The average Bonchev–Trinajstić information content (AvgIpc) is 2.35. The number of aromatic nitrogens is 1. The third kappa shape index (κ3) is 3.24. The van der Waals surface area contributed by atoms with Crippen LogP contribution in [-0.4, -0.2) is 29.7 Å². The van der Waals surface area contributed by atoms with Crippen molar-refractivity contribution >= 4 is 45.4 Å². The normalized spacial score (nSPS) is 12.7. The fourth-order valence-corrected chi connectivity index (χ4v) is 4.12. The highest BCUT2D eigenvalue weighted by molar-refractivity contribution is 7.89. The molecule has 2 aromatic rings. The van der Waals surface area contributed by atoms with Gasteiger partial charge < -0.3 is 14.8 Å². The van der Waals surface area contributed by atoms with Crippen molar-refractivity contribution < 1.29 is 22.8 Å². The molecule has 0 saturated heterocycles. The van der Waals surface area contributed by atoms with Crippen molar-refractivity contribution in [2.24, 2.45) is 0 Å². The number of H-pyrrole nitrogens is 1. The molecule has 0 aliphatic heterocycles. The van der Waals surface area contributed by atoms with E-state index in [9.17, 15) is 17.8 Å². The fourth-order valence-electron chi connectivity index (χ4n) is 1.89. The van der Waals surface area contributed by atoms with Crippen molar-refractivity contribution in [1.29, 1.82) is 0 Å². The lowest BCUT2D eigenvalue weighted by Gasteiger charge is -2.10. The Morgan fingerprint density at radius 3 is 2.50 bits per heavy atom. The number of halogens is 1. The molecule has 1 aromatic carbocycles. The molecule has 0 saturated carbocycles. The molecule has 2 rings (SSSR count). The van der Waals surface area contributed by atoms with Gasteiger partial charge in [-0.1, -0.05) is 18.5 Å². The van der Waals surface area contributed by atoms with Gasteiger partial charge in [0, 0.05) is 17.4 Å². The van der Waals surface area contributed by atoms with Gasteiger partial charge in [-0.3, -0.25) is 9.36 Å². The van der Waals surface area contributed by atoms with E-state index in [0.717, 1.165) is 12.1 Å². The lowest BCUT2D eigenvalue weighted by atomic mass is 10.2. The molecule has 1 heterocycles. The zero-order valence-corrected chi connectivity index (χ0v) is 13.7. The number of sulfonamides is 1. The second-order valence-corrected chi connectivity index (χ2v) is 8.11. The van der Waals surface area contributed by atoms with Crippen LogP contribution in [0.25, 0.3) is 10.9 Å². The summed E-state index contributed by atoms with van der Waals surface area (Å²) in [6, 6.07) is 3.31. The number of hydrogen-bond donors (Lipinski definition) is 4. The third-order valence-electron chi connectivity index (χ3n) is 2.81. The zero-order chi connectivity index (χ0) is 16.7. The largest absolute Gasteiger partial charge is 0.361 e. The molecule has 0 aliphatic rings. The summed E-state index contributed by atoms with van der Waals surface area (Å²) in [4.78, 5) is 31.9. The minimum Gasteiger partial charge on any atom is -0.321 e. The highest BCUT2D eigenvalue weighted by Gasteiger charge is 2.24. The summed E-state index contributed by atoms with van der Waals surface area (Å²) in [7, 11) is -8.64. The minimum absolute atomic E-state index is 0.118. The van der Waals surface area contributed by atoms with Gasteiger partial charge in [0.2, 0.25) is 10.0 Å². The van der Waals surface area contributed by atoms with Crippen LogP contribution in [0.3, 0.4) is 0 Å². The fraction of sp³-hybridized carbons (Fsp3) is 0.182. The van der Waals surface area contributed by atoms with Gasteiger partial charge in [0.1, 0.15) is 10.2 Å². The molecule has 1 aromatic heterocycles. The Labute approximate surface area is 130 Å². The van der Waals surface area contributed by atoms with Crippen LogP contribution in [-0.2, 0) is 14.6 Å². The predicted molar refractivity (Wildman–Crippen MR) is 82.1 cm³/mol. The summed E-state index contributed by atoms with van der Waals surface area (Å²) in [5.41, 5.74) is -0.790. The molecule has 0 fully saturated rings. The van der Waals surface area contributed by atoms with Crippen molar-refractivity contribution in [2.45, 2.75) is 11.8 Å². The lowest BCUT2D eigenvalue weighted by Crippen LogP contribution is -2.27. The van der Waals surface area contributed by atoms with E-state index in [1.807, 2.05) is 0 Å². The SMILES string of the molecule is CCNS(=O)(=O)c1cc2cc(P(=O)(O)O)c(=O)[nH]c2cc1Cl. The van der Waals surface area contributed by atoms with Crippen LogP contribution in [0.4, 0.5) is 0 Å². The van der Waals surface area contributed by atoms with Crippen molar-refractivity contribution in [3.63, 3.8) is 0 Å². The van der Waals surface area contributed by atoms with Crippen molar-refractivity contribution in [2.75, 3.05) is 6.54 Å². The first-order valence-electron chi connectivity index (χ1n) is 5.98. The van der Waals surface area contributed by atoms with Crippen LogP contribution >= 0.6 is 19.2 Å². The molecule has 0 spiro atoms. The molecule has 0 radical (unpaired) electrons. The molecule has 4 N–H and O–H groups in total. The molecule has 22 heavy (non-hydrogen) atoms. The number of nitrogens with one attached hydrogen (secondary N) is 2. The van der Waals surface area contributed by atoms with Gasteiger partial charge in [0.25, 0.3) is 5.56 Å². The highest BCUT2D eigenvalue weighted by Crippen LogP contribution is 2.33. The van der Waals surface area contributed by atoms with Crippen LogP contribution in [0.15, 0.2) is 27.9 Å². The van der Waals surface area contributed by atoms with Crippen molar-refractivity contribution in [3.05, 3.63) is 33.6 Å². The van der Waals surface area contributed by atoms with E-state index >= 15 is 0 Å². The first kappa shape index (κ1) is 17.1. The lowest BCUT2D eigenvalue weighted by molar-refractivity contribution is 0.387. The van der Waals surface area contributed by atoms with Crippen LogP contribution in [0.2, 0.25) is 5.02 Å². The van der Waals surface area contributed by atoms with Crippen LogP contribution < -0.4 is 15.6 Å². The zero-order valence-electron chi connectivity index (χ0n) is 11.2. The predicted octanol–water partition coefficient (Wildman–Crippen LogP) is 0.283. The van der Waals surface area contributed by atoms with Crippen LogP contribution in [0.5, 0.6) is 0 Å². The molecule has 120 valence electrons. The molecule has 8 nitrogen and oxygen atoms in total. The van der Waals surface area contributed by atoms with Gasteiger partial charge in [-0.05, 0) is 18.2 Å². The van der Waals surface area contributed by atoms with E-state index < -0.39 is 28.5 Å². The summed E-state index contributed by atoms with van der Waals surface area (Å²) in [6.45, 7) is 1.74. The number of aromatic amines is 1. The third-order valence-corrected chi connectivity index (χ3v) is 5.78. The molecule has 0 bridgehead atoms. The maximum absolute atomic E-state index is 12.0. The standard InChI is InChI=1S/C11H12ClN2O6PS/c1-2-13-22(19,20)10-4-6-3-9(21(16,17)18)11(15)14-8(6)5-7(10)12/h3-5,13H,2H2,1H3,(H,14,15)(H2,16,17,18). The van der Waals surface area contributed by atoms with Crippen LogP contribution in [0.1, 0.15) is 6.92 Å². The summed E-state index contributed by atoms with van der Waals surface area (Å²) in [5.74, 6) is 0. The van der Waals surface area contributed by atoms with E-state index in [1.54, 1.807) is 6.92 Å². The van der Waals surface area contributed by atoms with Gasteiger partial charge in [0.15, 0.2) is 0 Å². The molecular formula is C11H12ClN2O6PS. The first-order chi connectivity index (χ1) is 10.1. The summed E-state index contributed by atoms with van der Waals surface area (Å²) < 4.78 is 37.6. The van der Waals surface area contributed by atoms with Crippen molar-refractivity contribution in [1.82, 2.24) is 9.71 Å². The van der Waals surface area contributed by atoms with Gasteiger partial charge in [0.05, 0.1) is 5.02 Å². The smallest absolute Gasteiger partial charge is 0.321 e. The van der Waals surface area contributed by atoms with Crippen molar-refractivity contribution in [3.8, 4) is 0 Å². The Hall–Kier alpha value is -1.22.